The minimum atomic E-state index is -0.0627. The number of halogens is 1. The molecule has 31 heavy (non-hydrogen) atoms. The summed E-state index contributed by atoms with van der Waals surface area (Å²) in [5.41, 5.74) is 1.54. The third kappa shape index (κ3) is 8.59. The van der Waals surface area contributed by atoms with E-state index >= 15 is 0 Å². The topological polar surface area (TPSA) is 80.9 Å². The molecular formula is C24H38BrN2O4+. The molecule has 0 aliphatic heterocycles. The van der Waals surface area contributed by atoms with Gasteiger partial charge in [0.25, 0.3) is 0 Å². The fourth-order valence-corrected chi connectivity index (χ4v) is 3.92. The lowest BCUT2D eigenvalue weighted by molar-refractivity contribution is -0.904. The van der Waals surface area contributed by atoms with Crippen LogP contribution in [0.5, 0.6) is 23.0 Å². The van der Waals surface area contributed by atoms with Crippen LogP contribution in [0.3, 0.4) is 0 Å². The van der Waals surface area contributed by atoms with Gasteiger partial charge in [-0.15, -0.1) is 0 Å². The second-order valence-electron chi connectivity index (χ2n) is 9.62. The van der Waals surface area contributed by atoms with Gasteiger partial charge in [0.05, 0.1) is 52.4 Å². The van der Waals surface area contributed by atoms with Crippen molar-refractivity contribution in [1.29, 1.82) is 0 Å². The summed E-state index contributed by atoms with van der Waals surface area (Å²) in [5, 5.41) is 39.4. The van der Waals surface area contributed by atoms with Gasteiger partial charge in [-0.2, -0.15) is 0 Å². The minimum absolute atomic E-state index is 0. The molecule has 2 aromatic rings. The molecule has 0 aromatic heterocycles. The molecular weight excluding hydrogens is 460 g/mol. The standard InChI is InChI=1S/C24H36N2O4.BrH/c1-25(2,17-19-11-9-13-21(27)23(19)29)15-7-5-6-8-16-26(3,4)18-20-12-10-14-22(28)24(20)30;/h9-14H,5-8,15-18H2,1-4H3,(H2-2,27,28,29,30);1H/p+1. The van der Waals surface area contributed by atoms with E-state index in [1.54, 1.807) is 12.1 Å². The summed E-state index contributed by atoms with van der Waals surface area (Å²) in [6, 6.07) is 10.3. The maximum absolute atomic E-state index is 10.0. The van der Waals surface area contributed by atoms with E-state index in [9.17, 15) is 20.4 Å². The molecule has 0 spiro atoms. The van der Waals surface area contributed by atoms with E-state index in [1.165, 1.54) is 12.1 Å². The van der Waals surface area contributed by atoms with Crippen LogP contribution in [0, 0.1) is 0 Å². The summed E-state index contributed by atoms with van der Waals surface area (Å²) < 4.78 is 1.52. The maximum Gasteiger partial charge on any atom is 0.166 e. The number of benzene rings is 2. The molecule has 0 radical (unpaired) electrons. The van der Waals surface area contributed by atoms with Crippen LogP contribution in [-0.2, 0) is 13.1 Å². The first-order chi connectivity index (χ1) is 14.0. The Morgan fingerprint density at radius 3 is 1.29 bits per heavy atom. The molecule has 6 nitrogen and oxygen atoms in total. The number of unbranched alkanes of at least 4 members (excludes halogenated alkanes) is 3. The largest absolute Gasteiger partial charge is 1.00 e. The molecule has 0 saturated carbocycles. The summed E-state index contributed by atoms with van der Waals surface area (Å²) in [6.07, 6.45) is 4.50. The molecule has 2 aromatic carbocycles. The lowest BCUT2D eigenvalue weighted by Gasteiger charge is -2.31. The molecule has 7 heteroatoms. The summed E-state index contributed by atoms with van der Waals surface area (Å²) in [7, 11) is 8.58. The van der Waals surface area contributed by atoms with Crippen LogP contribution in [0.4, 0.5) is 0 Å². The highest BCUT2D eigenvalue weighted by Gasteiger charge is 2.20. The molecule has 0 aliphatic rings. The lowest BCUT2D eigenvalue weighted by atomic mass is 10.1. The van der Waals surface area contributed by atoms with Crippen LogP contribution < -0.4 is 17.0 Å². The van der Waals surface area contributed by atoms with Gasteiger partial charge < -0.3 is 46.4 Å². The average molecular weight is 498 g/mol. The number of para-hydroxylation sites is 2. The Hall–Kier alpha value is -1.96. The molecule has 0 bridgehead atoms. The van der Waals surface area contributed by atoms with Crippen LogP contribution in [0.1, 0.15) is 36.8 Å². The van der Waals surface area contributed by atoms with Crippen molar-refractivity contribution in [3.63, 3.8) is 0 Å². The highest BCUT2D eigenvalue weighted by atomic mass is 79.9. The number of hydrogen-bond donors (Lipinski definition) is 4. The first-order valence-corrected chi connectivity index (χ1v) is 10.6. The zero-order chi connectivity index (χ0) is 22.4. The second-order valence-corrected chi connectivity index (χ2v) is 9.62. The van der Waals surface area contributed by atoms with Gasteiger partial charge in [-0.1, -0.05) is 12.1 Å². The summed E-state index contributed by atoms with van der Waals surface area (Å²) in [5.74, 6) is -0.150. The molecule has 0 aliphatic carbocycles. The number of quaternary nitrogens is 2. The van der Waals surface area contributed by atoms with Crippen molar-refractivity contribution >= 4 is 0 Å². The van der Waals surface area contributed by atoms with Gasteiger partial charge in [0.2, 0.25) is 0 Å². The first-order valence-electron chi connectivity index (χ1n) is 10.6. The first kappa shape index (κ1) is 27.1. The van der Waals surface area contributed by atoms with Crippen molar-refractivity contribution < 1.29 is 46.4 Å². The Balaban J connectivity index is 0.00000480. The van der Waals surface area contributed by atoms with Crippen LogP contribution in [0.25, 0.3) is 0 Å². The van der Waals surface area contributed by atoms with Crippen molar-refractivity contribution in [1.82, 2.24) is 0 Å². The van der Waals surface area contributed by atoms with Gasteiger partial charge in [0, 0.05) is 0 Å². The SMILES string of the molecule is C[N+](C)(CCCCCC[N+](C)(C)Cc1cccc(O)c1O)Cc1cccc(O)c1O.[Br-]. The monoisotopic (exact) mass is 497 g/mol. The number of phenols is 4. The summed E-state index contributed by atoms with van der Waals surface area (Å²) >= 11 is 0. The van der Waals surface area contributed by atoms with Crippen molar-refractivity contribution in [2.45, 2.75) is 38.8 Å². The molecule has 2 rings (SSSR count). The predicted octanol–water partition coefficient (Wildman–Crippen LogP) is 0.926. The number of nitrogens with zero attached hydrogens (tertiary/aromatic N) is 2. The smallest absolute Gasteiger partial charge is 0.166 e. The van der Waals surface area contributed by atoms with Gasteiger partial charge in [0.1, 0.15) is 13.1 Å². The predicted molar refractivity (Wildman–Crippen MR) is 119 cm³/mol. The Kier molecular flexibility index (Phi) is 10.1. The van der Waals surface area contributed by atoms with E-state index < -0.39 is 0 Å². The van der Waals surface area contributed by atoms with E-state index in [0.717, 1.165) is 58.9 Å². The van der Waals surface area contributed by atoms with Crippen molar-refractivity contribution in [3.05, 3.63) is 47.5 Å². The quantitative estimate of drug-likeness (QED) is 0.211. The molecule has 4 N–H and O–H groups in total. The van der Waals surface area contributed by atoms with E-state index in [2.05, 4.69) is 28.2 Å². The highest BCUT2D eigenvalue weighted by Crippen LogP contribution is 2.31. The third-order valence-electron chi connectivity index (χ3n) is 5.67. The Bertz CT molecular complexity index is 771. The van der Waals surface area contributed by atoms with Crippen molar-refractivity contribution in [2.75, 3.05) is 41.3 Å². The van der Waals surface area contributed by atoms with Gasteiger partial charge in [-0.3, -0.25) is 0 Å². The number of hydrogen-bond acceptors (Lipinski definition) is 4. The molecule has 0 saturated heterocycles. The molecule has 0 amide bonds. The zero-order valence-electron chi connectivity index (χ0n) is 19.2. The van der Waals surface area contributed by atoms with Crippen molar-refractivity contribution in [2.24, 2.45) is 0 Å². The fourth-order valence-electron chi connectivity index (χ4n) is 3.92. The molecule has 0 unspecified atom stereocenters. The summed E-state index contributed by atoms with van der Waals surface area (Å²) in [6.45, 7) is 3.37. The Morgan fingerprint density at radius 2 is 0.935 bits per heavy atom. The summed E-state index contributed by atoms with van der Waals surface area (Å²) in [4.78, 5) is 0. The van der Waals surface area contributed by atoms with Crippen LogP contribution >= 0.6 is 0 Å². The number of aromatic hydroxyl groups is 4. The van der Waals surface area contributed by atoms with Crippen molar-refractivity contribution in [3.8, 4) is 23.0 Å². The molecule has 0 heterocycles. The van der Waals surface area contributed by atoms with E-state index in [1.807, 2.05) is 12.1 Å². The van der Waals surface area contributed by atoms with E-state index in [0.29, 0.717) is 13.1 Å². The Labute approximate surface area is 196 Å². The van der Waals surface area contributed by atoms with Gasteiger partial charge in [-0.25, -0.2) is 0 Å². The molecule has 0 atom stereocenters. The van der Waals surface area contributed by atoms with Gasteiger partial charge in [0.15, 0.2) is 23.0 Å². The van der Waals surface area contributed by atoms with Gasteiger partial charge >= 0.3 is 0 Å². The van der Waals surface area contributed by atoms with E-state index in [4.69, 9.17) is 0 Å². The number of rotatable bonds is 11. The van der Waals surface area contributed by atoms with Gasteiger partial charge in [-0.05, 0) is 49.9 Å². The average Bonchev–Trinajstić information content (AvgIpc) is 2.65. The van der Waals surface area contributed by atoms with Crippen LogP contribution in [0.15, 0.2) is 36.4 Å². The highest BCUT2D eigenvalue weighted by molar-refractivity contribution is 5.44. The normalized spacial score (nSPS) is 11.9. The minimum Gasteiger partial charge on any atom is -1.00 e. The third-order valence-corrected chi connectivity index (χ3v) is 5.67. The van der Waals surface area contributed by atoms with E-state index in [-0.39, 0.29) is 40.0 Å². The Morgan fingerprint density at radius 1 is 0.581 bits per heavy atom. The maximum atomic E-state index is 10.0. The number of phenolic OH excluding ortho intramolecular Hbond substituents is 4. The van der Waals surface area contributed by atoms with Crippen LogP contribution in [-0.4, -0.2) is 70.7 Å². The molecule has 174 valence electrons. The fraction of sp³-hybridized carbons (Fsp3) is 0.500. The second kappa shape index (κ2) is 11.6. The van der Waals surface area contributed by atoms with Crippen LogP contribution in [0.2, 0.25) is 0 Å². The lowest BCUT2D eigenvalue weighted by Crippen LogP contribution is -3.00. The molecule has 0 fully saturated rings. The zero-order valence-corrected chi connectivity index (χ0v) is 20.8.